The number of hydrogen-bond acceptors (Lipinski definition) is 4. The number of halogens is 1. The number of rotatable bonds is 6. The molecule has 0 aromatic heterocycles. The van der Waals surface area contributed by atoms with Crippen molar-refractivity contribution in [3.8, 4) is 0 Å². The highest BCUT2D eigenvalue weighted by Crippen LogP contribution is 1.75. The molecule has 0 rings (SSSR count). The first-order valence-electron chi connectivity index (χ1n) is 4.06. The van der Waals surface area contributed by atoms with Gasteiger partial charge in [0.2, 0.25) is 11.8 Å². The Labute approximate surface area is 91.3 Å². The Morgan fingerprint density at radius 2 is 2.00 bits per heavy atom. The Bertz CT molecular complexity index is 246. The van der Waals surface area contributed by atoms with Crippen LogP contribution in [0.2, 0.25) is 0 Å². The van der Waals surface area contributed by atoms with Gasteiger partial charge in [0.25, 0.3) is 0 Å². The van der Waals surface area contributed by atoms with E-state index < -0.39 is 17.8 Å². The van der Waals surface area contributed by atoms with Crippen molar-refractivity contribution in [2.75, 3.05) is 25.6 Å². The zero-order valence-electron chi connectivity index (χ0n) is 7.92. The van der Waals surface area contributed by atoms with Crippen LogP contribution in [0.15, 0.2) is 0 Å². The molecule has 15 heavy (non-hydrogen) atoms. The lowest BCUT2D eigenvalue weighted by Crippen LogP contribution is -2.41. The second-order valence-corrected chi connectivity index (χ2v) is 2.72. The van der Waals surface area contributed by atoms with Crippen molar-refractivity contribution in [3.05, 3.63) is 0 Å². The van der Waals surface area contributed by atoms with Crippen molar-refractivity contribution < 1.29 is 19.1 Å². The molecule has 0 bridgehead atoms. The Morgan fingerprint density at radius 3 is 2.53 bits per heavy atom. The van der Waals surface area contributed by atoms with Crippen molar-refractivity contribution >= 4 is 29.4 Å². The number of hydrogen-bond donors (Lipinski definition) is 3. The monoisotopic (exact) mass is 237 g/mol. The van der Waals surface area contributed by atoms with Crippen LogP contribution in [-0.4, -0.2) is 43.5 Å². The van der Waals surface area contributed by atoms with Crippen LogP contribution in [-0.2, 0) is 14.3 Å². The van der Waals surface area contributed by atoms with Gasteiger partial charge in [0.05, 0.1) is 6.61 Å². The van der Waals surface area contributed by atoms with Crippen LogP contribution in [0.1, 0.15) is 0 Å². The molecule has 0 aliphatic carbocycles. The predicted molar refractivity (Wildman–Crippen MR) is 52.3 cm³/mol. The van der Waals surface area contributed by atoms with Crippen LogP contribution in [0.5, 0.6) is 0 Å². The Hall–Kier alpha value is -1.34. The van der Waals surface area contributed by atoms with Crippen LogP contribution in [0.3, 0.4) is 0 Å². The summed E-state index contributed by atoms with van der Waals surface area (Å²) in [5.41, 5.74) is 4.80. The fraction of sp³-hybridized carbons (Fsp3) is 0.571. The largest absolute Gasteiger partial charge is 0.370 e. The number of carbonyl (C=O) groups excluding carboxylic acids is 3. The van der Waals surface area contributed by atoms with E-state index in [1.807, 2.05) is 5.32 Å². The highest BCUT2D eigenvalue weighted by molar-refractivity contribution is 6.28. The smallest absolute Gasteiger partial charge is 0.321 e. The standard InChI is InChI=1S/C7H12ClN3O4/c8-3-6(13)11-7(14)10-1-2-15-4-5(9)12/h1-4H2,(H2,9,12)(H2,10,11,13,14). The number of alkyl halides is 1. The maximum atomic E-state index is 10.9. The van der Waals surface area contributed by atoms with Crippen LogP contribution in [0.25, 0.3) is 0 Å². The molecular weight excluding hydrogens is 226 g/mol. The molecule has 4 amide bonds. The molecule has 0 aromatic carbocycles. The molecule has 0 aliphatic rings. The average molecular weight is 238 g/mol. The van der Waals surface area contributed by atoms with Gasteiger partial charge in [0, 0.05) is 6.54 Å². The molecule has 86 valence electrons. The lowest BCUT2D eigenvalue weighted by atomic mass is 10.6. The van der Waals surface area contributed by atoms with E-state index in [2.05, 4.69) is 5.32 Å². The van der Waals surface area contributed by atoms with Crippen molar-refractivity contribution in [2.24, 2.45) is 5.73 Å². The van der Waals surface area contributed by atoms with E-state index in [1.54, 1.807) is 0 Å². The first-order valence-corrected chi connectivity index (χ1v) is 4.59. The molecule has 8 heteroatoms. The van der Waals surface area contributed by atoms with Crippen LogP contribution in [0.4, 0.5) is 4.79 Å². The SMILES string of the molecule is NC(=O)COCCNC(=O)NC(=O)CCl. The Balaban J connectivity index is 3.39. The molecule has 0 radical (unpaired) electrons. The zero-order valence-corrected chi connectivity index (χ0v) is 8.67. The van der Waals surface area contributed by atoms with Gasteiger partial charge >= 0.3 is 6.03 Å². The minimum atomic E-state index is -0.664. The molecule has 0 spiro atoms. The summed E-state index contributed by atoms with van der Waals surface area (Å²) < 4.78 is 4.75. The number of carbonyl (C=O) groups is 3. The highest BCUT2D eigenvalue weighted by Gasteiger charge is 2.04. The lowest BCUT2D eigenvalue weighted by Gasteiger charge is -2.05. The van der Waals surface area contributed by atoms with E-state index in [0.717, 1.165) is 0 Å². The summed E-state index contributed by atoms with van der Waals surface area (Å²) in [6.45, 7) is 0.0873. The van der Waals surface area contributed by atoms with Crippen molar-refractivity contribution in [2.45, 2.75) is 0 Å². The van der Waals surface area contributed by atoms with E-state index in [4.69, 9.17) is 22.1 Å². The van der Waals surface area contributed by atoms with Gasteiger partial charge in [0.15, 0.2) is 0 Å². The third kappa shape index (κ3) is 8.98. The van der Waals surface area contributed by atoms with Gasteiger partial charge in [-0.25, -0.2) is 4.79 Å². The molecule has 0 fully saturated rings. The van der Waals surface area contributed by atoms with E-state index in [1.165, 1.54) is 0 Å². The molecule has 7 nitrogen and oxygen atoms in total. The molecule has 0 atom stereocenters. The second kappa shape index (κ2) is 8.01. The van der Waals surface area contributed by atoms with E-state index in [-0.39, 0.29) is 25.6 Å². The van der Waals surface area contributed by atoms with Crippen LogP contribution in [0, 0.1) is 0 Å². The number of amides is 4. The Kier molecular flexibility index (Phi) is 7.29. The van der Waals surface area contributed by atoms with Crippen molar-refractivity contribution in [1.82, 2.24) is 10.6 Å². The summed E-state index contributed by atoms with van der Waals surface area (Å²) in [6, 6.07) is -0.664. The van der Waals surface area contributed by atoms with E-state index in [0.29, 0.717) is 0 Å². The molecule has 0 unspecified atom stereocenters. The molecule has 0 heterocycles. The van der Waals surface area contributed by atoms with Gasteiger partial charge in [-0.15, -0.1) is 11.6 Å². The van der Waals surface area contributed by atoms with Gasteiger partial charge in [-0.05, 0) is 0 Å². The fourth-order valence-electron chi connectivity index (χ4n) is 0.614. The minimum Gasteiger partial charge on any atom is -0.370 e. The number of urea groups is 1. The van der Waals surface area contributed by atoms with Gasteiger partial charge < -0.3 is 15.8 Å². The molecular formula is C7H12ClN3O4. The molecule has 0 aromatic rings. The van der Waals surface area contributed by atoms with Crippen molar-refractivity contribution in [1.29, 1.82) is 0 Å². The number of imide groups is 1. The maximum absolute atomic E-state index is 10.9. The van der Waals surface area contributed by atoms with Crippen LogP contribution < -0.4 is 16.4 Å². The topological polar surface area (TPSA) is 111 Å². The number of nitrogens with one attached hydrogen (secondary N) is 2. The van der Waals surface area contributed by atoms with Crippen molar-refractivity contribution in [3.63, 3.8) is 0 Å². The highest BCUT2D eigenvalue weighted by atomic mass is 35.5. The molecule has 0 saturated heterocycles. The summed E-state index contributed by atoms with van der Waals surface area (Å²) in [4.78, 5) is 31.7. The van der Waals surface area contributed by atoms with Gasteiger partial charge in [-0.3, -0.25) is 14.9 Å². The molecule has 4 N–H and O–H groups in total. The summed E-state index contributed by atoms with van der Waals surface area (Å²) >= 11 is 5.15. The number of primary amides is 1. The molecule has 0 saturated carbocycles. The predicted octanol–water partition coefficient (Wildman–Crippen LogP) is -1.45. The summed E-state index contributed by atoms with van der Waals surface area (Å²) in [5, 5.41) is 4.28. The zero-order chi connectivity index (χ0) is 11.7. The summed E-state index contributed by atoms with van der Waals surface area (Å²) in [6.07, 6.45) is 0. The van der Waals surface area contributed by atoms with Gasteiger partial charge in [-0.1, -0.05) is 0 Å². The first kappa shape index (κ1) is 13.7. The number of nitrogens with two attached hydrogens (primary N) is 1. The summed E-state index contributed by atoms with van der Waals surface area (Å²) in [5.74, 6) is -1.46. The number of ether oxygens (including phenoxy) is 1. The second-order valence-electron chi connectivity index (χ2n) is 2.46. The Morgan fingerprint density at radius 1 is 1.33 bits per heavy atom. The van der Waals surface area contributed by atoms with Gasteiger partial charge in [-0.2, -0.15) is 0 Å². The third-order valence-corrected chi connectivity index (χ3v) is 1.39. The summed E-state index contributed by atoms with van der Waals surface area (Å²) in [7, 11) is 0. The van der Waals surface area contributed by atoms with Crippen LogP contribution >= 0.6 is 11.6 Å². The van der Waals surface area contributed by atoms with E-state index >= 15 is 0 Å². The maximum Gasteiger partial charge on any atom is 0.321 e. The first-order chi connectivity index (χ1) is 7.06. The lowest BCUT2D eigenvalue weighted by molar-refractivity contribution is -0.122. The fourth-order valence-corrected chi connectivity index (χ4v) is 0.681. The normalized spacial score (nSPS) is 9.40. The third-order valence-electron chi connectivity index (χ3n) is 1.15. The average Bonchev–Trinajstić information content (AvgIpc) is 2.16. The quantitative estimate of drug-likeness (QED) is 0.388. The minimum absolute atomic E-state index is 0.130. The van der Waals surface area contributed by atoms with Gasteiger partial charge in [0.1, 0.15) is 12.5 Å². The van der Waals surface area contributed by atoms with E-state index in [9.17, 15) is 14.4 Å². The molecule has 0 aliphatic heterocycles.